The Kier molecular flexibility index (Phi) is 7.55. The van der Waals surface area contributed by atoms with Crippen LogP contribution in [0, 0.1) is 12.8 Å². The van der Waals surface area contributed by atoms with Crippen molar-refractivity contribution in [3.05, 3.63) is 35.5 Å². The summed E-state index contributed by atoms with van der Waals surface area (Å²) in [5, 5.41) is 6.19. The minimum absolute atomic E-state index is 0.0141. The Morgan fingerprint density at radius 2 is 1.94 bits per heavy atom. The molecular formula is C24H34N6O3S. The van der Waals surface area contributed by atoms with Crippen molar-refractivity contribution >= 4 is 39.1 Å². The Hall–Kier alpha value is -2.88. The number of rotatable bonds is 3. The van der Waals surface area contributed by atoms with Crippen LogP contribution < -0.4 is 20.3 Å². The summed E-state index contributed by atoms with van der Waals surface area (Å²) in [5.74, 6) is 1.20. The number of piperidine rings is 1. The molecule has 10 heteroatoms. The predicted molar refractivity (Wildman–Crippen MR) is 136 cm³/mol. The summed E-state index contributed by atoms with van der Waals surface area (Å²) in [6.45, 7) is 5.96. The second-order valence-corrected chi connectivity index (χ2v) is 11.2. The Balaban J connectivity index is 1.72. The molecule has 184 valence electrons. The van der Waals surface area contributed by atoms with Crippen LogP contribution in [0.3, 0.4) is 0 Å². The summed E-state index contributed by atoms with van der Waals surface area (Å²) in [4.78, 5) is 24.5. The number of hydrogen-bond acceptors (Lipinski definition) is 7. The minimum Gasteiger partial charge on any atom is -0.371 e. The van der Waals surface area contributed by atoms with E-state index in [1.54, 1.807) is 31.2 Å². The lowest BCUT2D eigenvalue weighted by atomic mass is 9.91. The average molecular weight is 487 g/mol. The van der Waals surface area contributed by atoms with E-state index in [1.165, 1.54) is 6.42 Å². The summed E-state index contributed by atoms with van der Waals surface area (Å²) in [6, 6.07) is 6.86. The largest absolute Gasteiger partial charge is 0.371 e. The van der Waals surface area contributed by atoms with Gasteiger partial charge in [0, 0.05) is 31.4 Å². The lowest BCUT2D eigenvalue weighted by Crippen LogP contribution is -2.36. The number of carbonyl (C=O) groups is 1. The summed E-state index contributed by atoms with van der Waals surface area (Å²) >= 11 is 0. The standard InChI is InChI=1S/C24H34N6O3S/c1-3-34(32,33)29-19-10-11-20-21(15-19)30-13-7-9-18(16-30)8-5-4-6-12-25-24-26-17(2)14-22(28-24)27-23(20)31/h10-11,14-15,18,29H,3-9,12-13,16H2,1-2H3,(H2,25,26,27,28,31). The van der Waals surface area contributed by atoms with E-state index in [0.717, 1.165) is 63.1 Å². The normalized spacial score (nSPS) is 19.5. The van der Waals surface area contributed by atoms with Crippen LogP contribution in [0.1, 0.15) is 61.5 Å². The van der Waals surface area contributed by atoms with Gasteiger partial charge in [0.2, 0.25) is 16.0 Å². The van der Waals surface area contributed by atoms with Gasteiger partial charge in [-0.1, -0.05) is 12.8 Å². The predicted octanol–water partition coefficient (Wildman–Crippen LogP) is 4.00. The summed E-state index contributed by atoms with van der Waals surface area (Å²) in [5.41, 5.74) is 2.47. The van der Waals surface area contributed by atoms with E-state index in [1.807, 2.05) is 6.92 Å². The summed E-state index contributed by atoms with van der Waals surface area (Å²) in [7, 11) is -3.42. The molecule has 4 rings (SSSR count). The lowest BCUT2D eigenvalue weighted by molar-refractivity contribution is 0.102. The first-order valence-electron chi connectivity index (χ1n) is 12.1. The molecule has 1 saturated heterocycles. The highest BCUT2D eigenvalue weighted by molar-refractivity contribution is 7.92. The second-order valence-electron chi connectivity index (χ2n) is 9.14. The van der Waals surface area contributed by atoms with Crippen molar-refractivity contribution in [2.45, 2.75) is 52.4 Å². The van der Waals surface area contributed by atoms with Crippen molar-refractivity contribution in [2.24, 2.45) is 5.92 Å². The average Bonchev–Trinajstić information content (AvgIpc) is 2.80. The van der Waals surface area contributed by atoms with E-state index >= 15 is 0 Å². The SMILES string of the molecule is CCS(=O)(=O)Nc1ccc2c(c1)N1CCCC(CCCCCNc3nc(C)cc(n3)NC2=O)C1. The molecule has 34 heavy (non-hydrogen) atoms. The van der Waals surface area contributed by atoms with E-state index < -0.39 is 10.0 Å². The molecule has 1 aromatic carbocycles. The monoisotopic (exact) mass is 486 g/mol. The molecule has 1 atom stereocenters. The minimum atomic E-state index is -3.42. The fourth-order valence-corrected chi connectivity index (χ4v) is 5.28. The van der Waals surface area contributed by atoms with Gasteiger partial charge in [-0.25, -0.2) is 13.4 Å². The molecule has 4 bridgehead atoms. The highest BCUT2D eigenvalue weighted by Crippen LogP contribution is 2.32. The Morgan fingerprint density at radius 3 is 2.76 bits per heavy atom. The first-order valence-corrected chi connectivity index (χ1v) is 13.8. The zero-order valence-corrected chi connectivity index (χ0v) is 20.7. The van der Waals surface area contributed by atoms with Gasteiger partial charge in [0.05, 0.1) is 22.7 Å². The zero-order chi connectivity index (χ0) is 24.1. The third-order valence-corrected chi connectivity index (χ3v) is 7.73. The van der Waals surface area contributed by atoms with Crippen LogP contribution in [0.2, 0.25) is 0 Å². The Morgan fingerprint density at radius 1 is 1.12 bits per heavy atom. The molecule has 0 spiro atoms. The third kappa shape index (κ3) is 6.16. The quantitative estimate of drug-likeness (QED) is 0.600. The van der Waals surface area contributed by atoms with Crippen LogP contribution in [0.25, 0.3) is 0 Å². The van der Waals surface area contributed by atoms with Crippen LogP contribution >= 0.6 is 0 Å². The molecule has 0 radical (unpaired) electrons. The smallest absolute Gasteiger partial charge is 0.258 e. The number of nitrogens with zero attached hydrogens (tertiary/aromatic N) is 3. The lowest BCUT2D eigenvalue weighted by Gasteiger charge is -2.36. The number of aromatic nitrogens is 2. The third-order valence-electron chi connectivity index (χ3n) is 6.42. The van der Waals surface area contributed by atoms with E-state index in [0.29, 0.717) is 28.9 Å². The van der Waals surface area contributed by atoms with E-state index in [4.69, 9.17) is 0 Å². The maximum Gasteiger partial charge on any atom is 0.258 e. The molecule has 0 saturated carbocycles. The van der Waals surface area contributed by atoms with E-state index in [2.05, 4.69) is 30.2 Å². The highest BCUT2D eigenvalue weighted by atomic mass is 32.2. The van der Waals surface area contributed by atoms with Crippen LogP contribution in [-0.4, -0.2) is 49.7 Å². The van der Waals surface area contributed by atoms with Gasteiger partial charge in [0.25, 0.3) is 5.91 Å². The van der Waals surface area contributed by atoms with Crippen molar-refractivity contribution in [3.8, 4) is 0 Å². The van der Waals surface area contributed by atoms with Crippen LogP contribution in [0.15, 0.2) is 24.3 Å². The highest BCUT2D eigenvalue weighted by Gasteiger charge is 2.25. The molecule has 1 fully saturated rings. The first-order chi connectivity index (χ1) is 16.3. The fraction of sp³-hybridized carbons (Fsp3) is 0.542. The number of sulfonamides is 1. The number of amides is 1. The molecule has 1 unspecified atom stereocenters. The fourth-order valence-electron chi connectivity index (χ4n) is 4.65. The Labute approximate surface area is 201 Å². The van der Waals surface area contributed by atoms with Crippen molar-refractivity contribution in [3.63, 3.8) is 0 Å². The molecule has 2 aliphatic heterocycles. The van der Waals surface area contributed by atoms with Gasteiger partial charge >= 0.3 is 0 Å². The topological polar surface area (TPSA) is 116 Å². The number of anilines is 4. The van der Waals surface area contributed by atoms with Gasteiger partial charge in [-0.3, -0.25) is 9.52 Å². The van der Waals surface area contributed by atoms with Crippen LogP contribution in [0.4, 0.5) is 23.1 Å². The molecule has 1 amide bonds. The molecule has 3 heterocycles. The molecule has 1 aromatic heterocycles. The molecule has 0 aliphatic carbocycles. The summed E-state index contributed by atoms with van der Waals surface area (Å²) in [6.07, 6.45) is 6.70. The number of fused-ring (bicyclic) bond motifs is 6. The maximum absolute atomic E-state index is 13.4. The van der Waals surface area contributed by atoms with Crippen molar-refractivity contribution in [1.29, 1.82) is 0 Å². The number of nitrogens with one attached hydrogen (secondary N) is 3. The van der Waals surface area contributed by atoms with Gasteiger partial charge in [-0.05, 0) is 63.6 Å². The van der Waals surface area contributed by atoms with E-state index in [9.17, 15) is 13.2 Å². The van der Waals surface area contributed by atoms with Crippen molar-refractivity contribution in [2.75, 3.05) is 45.6 Å². The van der Waals surface area contributed by atoms with Crippen LogP contribution in [0.5, 0.6) is 0 Å². The molecule has 3 N–H and O–H groups in total. The number of benzene rings is 1. The van der Waals surface area contributed by atoms with Gasteiger partial charge in [-0.15, -0.1) is 0 Å². The molecular weight excluding hydrogens is 452 g/mol. The number of hydrogen-bond donors (Lipinski definition) is 3. The Bertz CT molecular complexity index is 1140. The van der Waals surface area contributed by atoms with Crippen molar-refractivity contribution < 1.29 is 13.2 Å². The summed E-state index contributed by atoms with van der Waals surface area (Å²) < 4.78 is 26.9. The van der Waals surface area contributed by atoms with Gasteiger partial charge in [-0.2, -0.15) is 4.98 Å². The second kappa shape index (κ2) is 10.6. The van der Waals surface area contributed by atoms with Gasteiger partial charge in [0.15, 0.2) is 0 Å². The van der Waals surface area contributed by atoms with Crippen molar-refractivity contribution in [1.82, 2.24) is 9.97 Å². The molecule has 2 aliphatic rings. The van der Waals surface area contributed by atoms with Gasteiger partial charge < -0.3 is 15.5 Å². The van der Waals surface area contributed by atoms with E-state index in [-0.39, 0.29) is 11.7 Å². The first kappa shape index (κ1) is 24.3. The molecule has 2 aromatic rings. The molecule has 9 nitrogen and oxygen atoms in total. The number of carbonyl (C=O) groups excluding carboxylic acids is 1. The maximum atomic E-state index is 13.4. The van der Waals surface area contributed by atoms with Crippen LogP contribution in [-0.2, 0) is 10.0 Å². The zero-order valence-electron chi connectivity index (χ0n) is 19.9. The van der Waals surface area contributed by atoms with Gasteiger partial charge in [0.1, 0.15) is 5.82 Å². The number of aryl methyl sites for hydroxylation is 1.